The van der Waals surface area contributed by atoms with E-state index >= 15 is 0 Å². The molecule has 2 bridgehead atoms. The summed E-state index contributed by atoms with van der Waals surface area (Å²) < 4.78 is 16.1. The number of nitrogens with one attached hydrogen (secondary N) is 1. The summed E-state index contributed by atoms with van der Waals surface area (Å²) in [5, 5.41) is 8.74. The predicted octanol–water partition coefficient (Wildman–Crippen LogP) is 4.09. The van der Waals surface area contributed by atoms with E-state index in [1.54, 1.807) is 13.8 Å². The second-order valence-corrected chi connectivity index (χ2v) is 9.32. The van der Waals surface area contributed by atoms with Gasteiger partial charge in [0.25, 0.3) is 5.91 Å². The zero-order valence-corrected chi connectivity index (χ0v) is 17.3. The monoisotopic (exact) mass is 386 g/mol. The van der Waals surface area contributed by atoms with E-state index in [-0.39, 0.29) is 18.0 Å². The van der Waals surface area contributed by atoms with Crippen LogP contribution in [-0.4, -0.2) is 50.9 Å². The number of amides is 1. The third kappa shape index (κ3) is 3.66. The van der Waals surface area contributed by atoms with Gasteiger partial charge in [0.2, 0.25) is 0 Å². The lowest BCUT2D eigenvalue weighted by molar-refractivity contribution is 0.0512. The highest BCUT2D eigenvalue weighted by atomic mass is 19.1. The number of hydrogen-bond acceptors (Lipinski definition) is 3. The van der Waals surface area contributed by atoms with Crippen molar-refractivity contribution in [3.63, 3.8) is 0 Å². The van der Waals surface area contributed by atoms with Crippen LogP contribution in [0.1, 0.15) is 69.9 Å². The molecule has 2 saturated heterocycles. The molecule has 2 aliphatic rings. The van der Waals surface area contributed by atoms with Gasteiger partial charge in [0.1, 0.15) is 5.67 Å². The Bertz CT molecular complexity index is 855. The topological polar surface area (TPSA) is 50.2 Å². The van der Waals surface area contributed by atoms with Crippen molar-refractivity contribution in [1.29, 1.82) is 0 Å². The van der Waals surface area contributed by atoms with Crippen molar-refractivity contribution in [3.8, 4) is 0 Å². The second-order valence-electron chi connectivity index (χ2n) is 9.32. The molecule has 2 fully saturated rings. The van der Waals surface area contributed by atoms with Crippen LogP contribution in [-0.2, 0) is 0 Å². The molecular formula is C22H31FN4O. The molecule has 0 spiro atoms. The summed E-state index contributed by atoms with van der Waals surface area (Å²) in [6, 6.07) is 8.95. The van der Waals surface area contributed by atoms with Crippen molar-refractivity contribution in [2.45, 2.75) is 83.2 Å². The summed E-state index contributed by atoms with van der Waals surface area (Å²) in [6.07, 6.45) is 3.97. The van der Waals surface area contributed by atoms with Crippen molar-refractivity contribution < 1.29 is 9.18 Å². The molecule has 1 aromatic heterocycles. The summed E-state index contributed by atoms with van der Waals surface area (Å²) in [4.78, 5) is 15.4. The van der Waals surface area contributed by atoms with Gasteiger partial charge >= 0.3 is 0 Å². The molecule has 6 heteroatoms. The number of halogens is 1. The highest BCUT2D eigenvalue weighted by Gasteiger charge is 2.43. The van der Waals surface area contributed by atoms with Crippen LogP contribution in [0.4, 0.5) is 4.39 Å². The Morgan fingerprint density at radius 1 is 1.25 bits per heavy atom. The molecular weight excluding hydrogens is 355 g/mol. The van der Waals surface area contributed by atoms with Gasteiger partial charge in [-0.2, -0.15) is 5.10 Å². The average Bonchev–Trinajstić information content (AvgIpc) is 3.09. The normalized spacial score (nSPS) is 25.6. The Hall–Kier alpha value is -1.95. The zero-order chi connectivity index (χ0) is 20.1. The SMILES string of the molecule is CC(C)n1nc(C(=O)NC2CC3CCC(C2)N3CC(C)(C)F)c2ccccc21. The van der Waals surface area contributed by atoms with Gasteiger partial charge in [-0.15, -0.1) is 0 Å². The minimum Gasteiger partial charge on any atom is -0.348 e. The van der Waals surface area contributed by atoms with E-state index in [1.807, 2.05) is 28.9 Å². The number of alkyl halides is 1. The summed E-state index contributed by atoms with van der Waals surface area (Å²) in [5.74, 6) is -0.0979. The van der Waals surface area contributed by atoms with Gasteiger partial charge in [-0.3, -0.25) is 14.4 Å². The van der Waals surface area contributed by atoms with E-state index in [1.165, 1.54) is 0 Å². The van der Waals surface area contributed by atoms with Crippen molar-refractivity contribution in [1.82, 2.24) is 20.0 Å². The first-order valence-corrected chi connectivity index (χ1v) is 10.5. The Morgan fingerprint density at radius 3 is 2.50 bits per heavy atom. The zero-order valence-electron chi connectivity index (χ0n) is 17.3. The molecule has 1 amide bonds. The number of nitrogens with zero attached hydrogens (tertiary/aromatic N) is 3. The van der Waals surface area contributed by atoms with Crippen LogP contribution in [0.3, 0.4) is 0 Å². The standard InChI is InChI=1S/C22H31FN4O/c1-14(2)27-19-8-6-5-7-18(19)20(25-27)21(28)24-15-11-16-9-10-17(12-15)26(16)13-22(3,4)23/h5-8,14-17H,9-13H2,1-4H3,(H,24,28). The average molecular weight is 387 g/mol. The quantitative estimate of drug-likeness (QED) is 0.842. The van der Waals surface area contributed by atoms with Crippen LogP contribution >= 0.6 is 0 Å². The highest BCUT2D eigenvalue weighted by molar-refractivity contribution is 6.05. The number of carbonyl (C=O) groups is 1. The van der Waals surface area contributed by atoms with Crippen molar-refractivity contribution in [3.05, 3.63) is 30.0 Å². The van der Waals surface area contributed by atoms with Gasteiger partial charge in [-0.1, -0.05) is 18.2 Å². The third-order valence-electron chi connectivity index (χ3n) is 6.10. The molecule has 3 heterocycles. The Balaban J connectivity index is 1.49. The fourth-order valence-electron chi connectivity index (χ4n) is 4.99. The molecule has 28 heavy (non-hydrogen) atoms. The summed E-state index contributed by atoms with van der Waals surface area (Å²) >= 11 is 0. The summed E-state index contributed by atoms with van der Waals surface area (Å²) in [6.45, 7) is 7.92. The van der Waals surface area contributed by atoms with Crippen LogP contribution in [0.5, 0.6) is 0 Å². The number of benzene rings is 1. The largest absolute Gasteiger partial charge is 0.348 e. The Kier molecular flexibility index (Phi) is 4.94. The van der Waals surface area contributed by atoms with Gasteiger partial charge in [0.15, 0.2) is 5.69 Å². The van der Waals surface area contributed by atoms with Crippen molar-refractivity contribution in [2.24, 2.45) is 0 Å². The molecule has 0 saturated carbocycles. The van der Waals surface area contributed by atoms with Gasteiger partial charge in [-0.05, 0) is 59.4 Å². The van der Waals surface area contributed by atoms with Crippen LogP contribution in [0.15, 0.2) is 24.3 Å². The smallest absolute Gasteiger partial charge is 0.272 e. The maximum absolute atomic E-state index is 14.2. The van der Waals surface area contributed by atoms with Crippen LogP contribution in [0, 0.1) is 0 Å². The van der Waals surface area contributed by atoms with E-state index in [0.717, 1.165) is 36.6 Å². The number of piperidine rings is 1. The number of aromatic nitrogens is 2. The lowest BCUT2D eigenvalue weighted by Gasteiger charge is -2.41. The van der Waals surface area contributed by atoms with E-state index in [2.05, 4.69) is 29.2 Å². The number of para-hydroxylation sites is 1. The number of fused-ring (bicyclic) bond motifs is 3. The molecule has 2 aromatic rings. The van der Waals surface area contributed by atoms with E-state index < -0.39 is 5.67 Å². The predicted molar refractivity (Wildman–Crippen MR) is 109 cm³/mol. The Labute approximate surface area is 166 Å². The van der Waals surface area contributed by atoms with Crippen LogP contribution in [0.2, 0.25) is 0 Å². The minimum atomic E-state index is -1.18. The number of carbonyl (C=O) groups excluding carboxylic acids is 1. The number of rotatable bonds is 5. The maximum atomic E-state index is 14.2. The Morgan fingerprint density at radius 2 is 1.89 bits per heavy atom. The first-order valence-electron chi connectivity index (χ1n) is 10.5. The molecule has 0 aliphatic carbocycles. The minimum absolute atomic E-state index is 0.0979. The fraction of sp³-hybridized carbons (Fsp3) is 0.636. The molecule has 2 unspecified atom stereocenters. The van der Waals surface area contributed by atoms with Crippen molar-refractivity contribution >= 4 is 16.8 Å². The molecule has 152 valence electrons. The molecule has 1 aromatic carbocycles. The third-order valence-corrected chi connectivity index (χ3v) is 6.10. The lowest BCUT2D eigenvalue weighted by Crippen LogP contribution is -2.53. The summed E-state index contributed by atoms with van der Waals surface area (Å²) in [7, 11) is 0. The van der Waals surface area contributed by atoms with E-state index in [4.69, 9.17) is 0 Å². The molecule has 1 N–H and O–H groups in total. The van der Waals surface area contributed by atoms with Crippen molar-refractivity contribution in [2.75, 3.05) is 6.54 Å². The molecule has 4 rings (SSSR count). The van der Waals surface area contributed by atoms with Gasteiger partial charge < -0.3 is 5.32 Å². The first-order chi connectivity index (χ1) is 13.2. The van der Waals surface area contributed by atoms with Crippen LogP contribution < -0.4 is 5.32 Å². The summed E-state index contributed by atoms with van der Waals surface area (Å²) in [5.41, 5.74) is 0.311. The lowest BCUT2D eigenvalue weighted by atomic mass is 9.95. The van der Waals surface area contributed by atoms with Gasteiger partial charge in [0.05, 0.1) is 5.52 Å². The van der Waals surface area contributed by atoms with Gasteiger partial charge in [0, 0.05) is 36.1 Å². The molecule has 2 aliphatic heterocycles. The maximum Gasteiger partial charge on any atom is 0.272 e. The molecule has 0 radical (unpaired) electrons. The fourth-order valence-corrected chi connectivity index (χ4v) is 4.99. The molecule has 2 atom stereocenters. The molecule has 5 nitrogen and oxygen atoms in total. The number of hydrogen-bond donors (Lipinski definition) is 1. The van der Waals surface area contributed by atoms with Gasteiger partial charge in [-0.25, -0.2) is 4.39 Å². The second kappa shape index (κ2) is 7.14. The van der Waals surface area contributed by atoms with Crippen LogP contribution in [0.25, 0.3) is 10.9 Å². The van der Waals surface area contributed by atoms with E-state index in [9.17, 15) is 9.18 Å². The van der Waals surface area contributed by atoms with E-state index in [0.29, 0.717) is 24.3 Å². The first kappa shape index (κ1) is 19.4. The highest BCUT2D eigenvalue weighted by Crippen LogP contribution is 2.37.